The Balaban J connectivity index is 1.41. The van der Waals surface area contributed by atoms with Gasteiger partial charge in [0.2, 0.25) is 0 Å². The van der Waals surface area contributed by atoms with E-state index >= 15 is 0 Å². The van der Waals surface area contributed by atoms with Crippen molar-refractivity contribution in [2.75, 3.05) is 0 Å². The van der Waals surface area contributed by atoms with E-state index in [1.165, 1.54) is 51.4 Å². The standard InChI is InChI=1S/C25H30ClF/c1-2-3-17-6-11-22-20(14-17)9-10-21-15-18(7-12-23(21)22)4-5-19-8-13-24(26)25(27)16-19/h8-10,13,16-18H,2-7,11-12,14-15H2,1H3. The zero-order valence-electron chi connectivity index (χ0n) is 16.4. The van der Waals surface area contributed by atoms with Gasteiger partial charge in [-0.2, -0.15) is 0 Å². The summed E-state index contributed by atoms with van der Waals surface area (Å²) in [6.07, 6.45) is 12.4. The third-order valence-corrected chi connectivity index (χ3v) is 7.08. The van der Waals surface area contributed by atoms with Gasteiger partial charge in [-0.25, -0.2) is 4.39 Å². The van der Waals surface area contributed by atoms with Gasteiger partial charge >= 0.3 is 0 Å². The lowest BCUT2D eigenvalue weighted by atomic mass is 9.73. The van der Waals surface area contributed by atoms with Crippen LogP contribution in [0.4, 0.5) is 4.39 Å². The van der Waals surface area contributed by atoms with Crippen LogP contribution >= 0.6 is 11.6 Å². The molecule has 2 atom stereocenters. The van der Waals surface area contributed by atoms with Crippen LogP contribution in [0.1, 0.15) is 66.8 Å². The van der Waals surface area contributed by atoms with Crippen LogP contribution in [-0.4, -0.2) is 0 Å². The van der Waals surface area contributed by atoms with Crippen LogP contribution in [0.5, 0.6) is 0 Å². The first kappa shape index (κ1) is 19.0. The zero-order valence-corrected chi connectivity index (χ0v) is 17.1. The van der Waals surface area contributed by atoms with E-state index in [4.69, 9.17) is 11.6 Å². The lowest BCUT2D eigenvalue weighted by Gasteiger charge is -2.32. The van der Waals surface area contributed by atoms with Crippen molar-refractivity contribution in [3.05, 3.63) is 69.0 Å². The molecule has 2 aromatic carbocycles. The van der Waals surface area contributed by atoms with E-state index in [1.54, 1.807) is 34.4 Å². The molecule has 0 aromatic heterocycles. The highest BCUT2D eigenvalue weighted by Crippen LogP contribution is 2.37. The summed E-state index contributed by atoms with van der Waals surface area (Å²) in [5, 5.41) is 0.219. The van der Waals surface area contributed by atoms with Crippen molar-refractivity contribution in [3.8, 4) is 0 Å². The Morgan fingerprint density at radius 3 is 2.15 bits per heavy atom. The Bertz CT molecular complexity index is 810. The first-order chi connectivity index (χ1) is 13.1. The van der Waals surface area contributed by atoms with E-state index in [-0.39, 0.29) is 10.8 Å². The largest absolute Gasteiger partial charge is 0.205 e. The molecule has 0 amide bonds. The maximum absolute atomic E-state index is 13.6. The molecule has 0 spiro atoms. The summed E-state index contributed by atoms with van der Waals surface area (Å²) in [4.78, 5) is 0. The molecule has 2 heteroatoms. The summed E-state index contributed by atoms with van der Waals surface area (Å²) in [6, 6.07) is 10.1. The molecule has 0 bridgehead atoms. The molecule has 0 heterocycles. The lowest BCUT2D eigenvalue weighted by Crippen LogP contribution is -2.21. The van der Waals surface area contributed by atoms with Gasteiger partial charge < -0.3 is 0 Å². The highest BCUT2D eigenvalue weighted by Gasteiger charge is 2.26. The van der Waals surface area contributed by atoms with Crippen LogP contribution in [0.2, 0.25) is 5.02 Å². The predicted molar refractivity (Wildman–Crippen MR) is 112 cm³/mol. The normalized spacial score (nSPS) is 21.6. The van der Waals surface area contributed by atoms with Crippen LogP contribution in [0.15, 0.2) is 30.3 Å². The first-order valence-electron chi connectivity index (χ1n) is 10.7. The van der Waals surface area contributed by atoms with Gasteiger partial charge in [0.05, 0.1) is 5.02 Å². The van der Waals surface area contributed by atoms with Crippen molar-refractivity contribution in [3.63, 3.8) is 0 Å². The number of rotatable bonds is 5. The molecule has 2 aromatic rings. The fourth-order valence-corrected chi connectivity index (χ4v) is 5.40. The maximum atomic E-state index is 13.6. The second-order valence-electron chi connectivity index (χ2n) is 8.63. The summed E-state index contributed by atoms with van der Waals surface area (Å²) in [5.41, 5.74) is 7.65. The average molecular weight is 385 g/mol. The third-order valence-electron chi connectivity index (χ3n) is 6.77. The van der Waals surface area contributed by atoms with Gasteiger partial charge in [-0.05, 0) is 103 Å². The van der Waals surface area contributed by atoms with Crippen molar-refractivity contribution < 1.29 is 4.39 Å². The molecule has 2 aliphatic carbocycles. The second kappa shape index (κ2) is 8.35. The molecule has 0 saturated carbocycles. The summed E-state index contributed by atoms with van der Waals surface area (Å²) in [7, 11) is 0. The highest BCUT2D eigenvalue weighted by atomic mass is 35.5. The topological polar surface area (TPSA) is 0 Å². The molecule has 2 aliphatic rings. The van der Waals surface area contributed by atoms with Crippen LogP contribution < -0.4 is 0 Å². The summed E-state index contributed by atoms with van der Waals surface area (Å²) >= 11 is 5.80. The zero-order chi connectivity index (χ0) is 18.8. The number of benzene rings is 2. The quantitative estimate of drug-likeness (QED) is 0.514. The Morgan fingerprint density at radius 2 is 1.56 bits per heavy atom. The Hall–Kier alpha value is -1.34. The van der Waals surface area contributed by atoms with E-state index in [0.29, 0.717) is 5.92 Å². The van der Waals surface area contributed by atoms with E-state index < -0.39 is 0 Å². The molecule has 4 rings (SSSR count). The van der Waals surface area contributed by atoms with Crippen molar-refractivity contribution in [1.29, 1.82) is 0 Å². The third kappa shape index (κ3) is 4.24. The van der Waals surface area contributed by atoms with Crippen molar-refractivity contribution >= 4 is 11.6 Å². The SMILES string of the molecule is CCCC1CCc2c(ccc3c2CCC(CCc2ccc(Cl)c(F)c2)C3)C1. The van der Waals surface area contributed by atoms with Gasteiger partial charge in [-0.1, -0.05) is 49.6 Å². The lowest BCUT2D eigenvalue weighted by molar-refractivity contribution is 0.407. The molecule has 0 fully saturated rings. The molecule has 2 unspecified atom stereocenters. The van der Waals surface area contributed by atoms with Gasteiger partial charge in [-0.3, -0.25) is 0 Å². The molecule has 0 saturated heterocycles. The maximum Gasteiger partial charge on any atom is 0.142 e. The predicted octanol–water partition coefficient (Wildman–Crippen LogP) is 7.12. The fourth-order valence-electron chi connectivity index (χ4n) is 5.29. The van der Waals surface area contributed by atoms with E-state index in [9.17, 15) is 4.39 Å². The molecule has 0 aliphatic heterocycles. The number of fused-ring (bicyclic) bond motifs is 3. The summed E-state index contributed by atoms with van der Waals surface area (Å²) in [6.45, 7) is 2.31. The molecular weight excluding hydrogens is 355 g/mol. The van der Waals surface area contributed by atoms with Gasteiger partial charge in [0.15, 0.2) is 0 Å². The minimum absolute atomic E-state index is 0.219. The van der Waals surface area contributed by atoms with Gasteiger partial charge in [0.25, 0.3) is 0 Å². The average Bonchev–Trinajstić information content (AvgIpc) is 2.68. The fraction of sp³-hybridized carbons (Fsp3) is 0.520. The second-order valence-corrected chi connectivity index (χ2v) is 9.04. The summed E-state index contributed by atoms with van der Waals surface area (Å²) < 4.78 is 13.6. The van der Waals surface area contributed by atoms with Crippen molar-refractivity contribution in [2.45, 2.75) is 71.1 Å². The van der Waals surface area contributed by atoms with Gasteiger partial charge in [-0.15, -0.1) is 0 Å². The van der Waals surface area contributed by atoms with E-state index in [2.05, 4.69) is 19.1 Å². The number of hydrogen-bond donors (Lipinski definition) is 0. The van der Waals surface area contributed by atoms with E-state index in [1.807, 2.05) is 6.07 Å². The summed E-state index contributed by atoms with van der Waals surface area (Å²) in [5.74, 6) is 1.32. The molecule has 0 radical (unpaired) electrons. The van der Waals surface area contributed by atoms with Crippen LogP contribution in [0.3, 0.4) is 0 Å². The monoisotopic (exact) mass is 384 g/mol. The molecule has 0 nitrogen and oxygen atoms in total. The van der Waals surface area contributed by atoms with Crippen LogP contribution in [0, 0.1) is 17.7 Å². The van der Waals surface area contributed by atoms with E-state index in [0.717, 1.165) is 24.3 Å². The molecule has 144 valence electrons. The molecular formula is C25H30ClF. The molecule has 0 N–H and O–H groups in total. The van der Waals surface area contributed by atoms with Crippen molar-refractivity contribution in [1.82, 2.24) is 0 Å². The first-order valence-corrected chi connectivity index (χ1v) is 11.1. The highest BCUT2D eigenvalue weighted by molar-refractivity contribution is 6.30. The Kier molecular flexibility index (Phi) is 5.88. The van der Waals surface area contributed by atoms with Gasteiger partial charge in [0.1, 0.15) is 5.82 Å². The number of hydrogen-bond acceptors (Lipinski definition) is 0. The smallest absolute Gasteiger partial charge is 0.142 e. The minimum atomic E-state index is -0.295. The molecule has 27 heavy (non-hydrogen) atoms. The van der Waals surface area contributed by atoms with Crippen LogP contribution in [-0.2, 0) is 32.1 Å². The Morgan fingerprint density at radius 1 is 0.926 bits per heavy atom. The minimum Gasteiger partial charge on any atom is -0.205 e. The van der Waals surface area contributed by atoms with Crippen LogP contribution in [0.25, 0.3) is 0 Å². The Labute approximate surface area is 168 Å². The van der Waals surface area contributed by atoms with Gasteiger partial charge in [0, 0.05) is 0 Å². The van der Waals surface area contributed by atoms with Crippen molar-refractivity contribution in [2.24, 2.45) is 11.8 Å². The number of aryl methyl sites for hydroxylation is 1. The number of halogens is 2.